The van der Waals surface area contributed by atoms with Crippen LogP contribution in [0.25, 0.3) is 6.08 Å². The molecule has 6 nitrogen and oxygen atoms in total. The first kappa shape index (κ1) is 26.2. The number of rotatable bonds is 7. The van der Waals surface area contributed by atoms with Gasteiger partial charge in [-0.25, -0.2) is 0 Å². The van der Waals surface area contributed by atoms with Gasteiger partial charge in [0.2, 0.25) is 0 Å². The summed E-state index contributed by atoms with van der Waals surface area (Å²) in [5.41, 5.74) is 4.82. The third kappa shape index (κ3) is 5.30. The van der Waals surface area contributed by atoms with Gasteiger partial charge in [-0.1, -0.05) is 68.4 Å². The minimum Gasteiger partial charge on any atom is -0.491 e. The zero-order chi connectivity index (χ0) is 26.0. The molecule has 2 aliphatic rings. The summed E-state index contributed by atoms with van der Waals surface area (Å²) >= 11 is 6.83. The van der Waals surface area contributed by atoms with Gasteiger partial charge in [-0.15, -0.1) is 0 Å². The molecule has 1 fully saturated rings. The van der Waals surface area contributed by atoms with E-state index in [1.54, 1.807) is 6.08 Å². The van der Waals surface area contributed by atoms with E-state index in [-0.39, 0.29) is 12.0 Å². The summed E-state index contributed by atoms with van der Waals surface area (Å²) in [4.78, 5) is 24.2. The van der Waals surface area contributed by atoms with Gasteiger partial charge in [0.25, 0.3) is 0 Å². The maximum absolute atomic E-state index is 12.2. The quantitative estimate of drug-likeness (QED) is 0.433. The van der Waals surface area contributed by atoms with Crippen molar-refractivity contribution in [2.45, 2.75) is 71.4 Å². The van der Waals surface area contributed by atoms with Crippen molar-refractivity contribution in [2.24, 2.45) is 5.92 Å². The number of hydrogen-bond donors (Lipinski definition) is 0. The van der Waals surface area contributed by atoms with Gasteiger partial charge in [-0.3, -0.25) is 9.59 Å². The van der Waals surface area contributed by atoms with Gasteiger partial charge < -0.3 is 18.9 Å². The van der Waals surface area contributed by atoms with Gasteiger partial charge in [-0.2, -0.15) is 0 Å². The Balaban J connectivity index is 1.80. The van der Waals surface area contributed by atoms with E-state index >= 15 is 0 Å². The second-order valence-electron chi connectivity index (χ2n) is 9.48. The minimum absolute atomic E-state index is 0.154. The molecule has 0 saturated carbocycles. The standard InChI is InChI=1S/C29H33ClO6/c1-6-19-8-10-20(11-9-19)14-21-15-23(22-12-13-33-27(22)25(21)30)28-29(35-18(5)32)26(34-17(4)31)16(3)24(7-2)36-28/h6,8-11,15-16,24,26,28-29H,1,7,12-14H2,2-5H3/t16-,24-,26+,28+,29-/m1/s1. The fourth-order valence-electron chi connectivity index (χ4n) is 5.26. The van der Waals surface area contributed by atoms with Crippen LogP contribution in [0.4, 0.5) is 0 Å². The SMILES string of the molecule is C=Cc1ccc(Cc2cc([C@@H]3O[C@H](CC)[C@@H](C)[C@H](OC(C)=O)[C@H]3OC(C)=O)c3c(c2Cl)OCC3)cc1. The molecule has 4 rings (SSSR count). The largest absolute Gasteiger partial charge is 0.491 e. The topological polar surface area (TPSA) is 71.1 Å². The molecule has 0 bridgehead atoms. The normalized spacial score (nSPS) is 25.0. The minimum atomic E-state index is -0.796. The van der Waals surface area contributed by atoms with E-state index in [9.17, 15) is 9.59 Å². The lowest BCUT2D eigenvalue weighted by molar-refractivity contribution is -0.225. The molecule has 1 saturated heterocycles. The van der Waals surface area contributed by atoms with E-state index in [1.807, 2.05) is 44.2 Å². The predicted octanol–water partition coefficient (Wildman–Crippen LogP) is 5.86. The van der Waals surface area contributed by atoms with Gasteiger partial charge in [0.05, 0.1) is 17.7 Å². The van der Waals surface area contributed by atoms with Crippen molar-refractivity contribution in [3.05, 3.63) is 69.8 Å². The number of carbonyl (C=O) groups excluding carboxylic acids is 2. The van der Waals surface area contributed by atoms with E-state index in [0.29, 0.717) is 30.2 Å². The van der Waals surface area contributed by atoms with Gasteiger partial charge >= 0.3 is 11.9 Å². The van der Waals surface area contributed by atoms with Crippen LogP contribution in [-0.4, -0.2) is 36.9 Å². The number of hydrogen-bond acceptors (Lipinski definition) is 6. The highest BCUT2D eigenvalue weighted by Gasteiger charge is 2.49. The lowest BCUT2D eigenvalue weighted by Gasteiger charge is -2.45. The van der Waals surface area contributed by atoms with Crippen LogP contribution < -0.4 is 4.74 Å². The highest BCUT2D eigenvalue weighted by atomic mass is 35.5. The first-order chi connectivity index (χ1) is 17.2. The Hall–Kier alpha value is -2.83. The van der Waals surface area contributed by atoms with Crippen molar-refractivity contribution < 1.29 is 28.5 Å². The zero-order valence-electron chi connectivity index (χ0n) is 21.2. The maximum Gasteiger partial charge on any atom is 0.303 e. The molecule has 0 unspecified atom stereocenters. The fraction of sp³-hybridized carbons (Fsp3) is 0.448. The molecule has 2 aromatic carbocycles. The van der Waals surface area contributed by atoms with Crippen LogP contribution in [0.5, 0.6) is 5.75 Å². The molecule has 5 atom stereocenters. The van der Waals surface area contributed by atoms with E-state index in [1.165, 1.54) is 13.8 Å². The van der Waals surface area contributed by atoms with Crippen LogP contribution in [0.15, 0.2) is 36.9 Å². The van der Waals surface area contributed by atoms with Crippen molar-refractivity contribution in [1.29, 1.82) is 0 Å². The molecule has 0 aliphatic carbocycles. The van der Waals surface area contributed by atoms with Crippen molar-refractivity contribution in [3.8, 4) is 5.75 Å². The number of carbonyl (C=O) groups is 2. The molecule has 192 valence electrons. The van der Waals surface area contributed by atoms with Gasteiger partial charge in [0.1, 0.15) is 18.0 Å². The number of fused-ring (bicyclic) bond motifs is 1. The third-order valence-electron chi connectivity index (χ3n) is 7.00. The number of benzene rings is 2. The molecule has 36 heavy (non-hydrogen) atoms. The Morgan fingerprint density at radius 2 is 1.81 bits per heavy atom. The van der Waals surface area contributed by atoms with Crippen LogP contribution in [0, 0.1) is 5.92 Å². The average molecular weight is 513 g/mol. The second-order valence-corrected chi connectivity index (χ2v) is 9.86. The number of esters is 2. The number of ether oxygens (including phenoxy) is 4. The van der Waals surface area contributed by atoms with Crippen LogP contribution >= 0.6 is 11.6 Å². The maximum atomic E-state index is 12.2. The lowest BCUT2D eigenvalue weighted by Crippen LogP contribution is -2.53. The predicted molar refractivity (Wildman–Crippen MR) is 138 cm³/mol. The molecule has 7 heteroatoms. The molecule has 0 aromatic heterocycles. The first-order valence-corrected chi connectivity index (χ1v) is 12.8. The first-order valence-electron chi connectivity index (χ1n) is 12.4. The third-order valence-corrected chi connectivity index (χ3v) is 7.42. The van der Waals surface area contributed by atoms with Crippen molar-refractivity contribution in [2.75, 3.05) is 6.61 Å². The Kier molecular flexibility index (Phi) is 8.06. The summed E-state index contributed by atoms with van der Waals surface area (Å²) in [6.07, 6.45) is 1.52. The van der Waals surface area contributed by atoms with Gasteiger partial charge in [0, 0.05) is 31.7 Å². The molecular formula is C29H33ClO6. The summed E-state index contributed by atoms with van der Waals surface area (Å²) in [5.74, 6) is -0.392. The highest BCUT2D eigenvalue weighted by Crippen LogP contribution is 2.47. The molecule has 2 aromatic rings. The number of halogens is 1. The van der Waals surface area contributed by atoms with E-state index < -0.39 is 30.3 Å². The van der Waals surface area contributed by atoms with Crippen LogP contribution in [0.1, 0.15) is 68.0 Å². The summed E-state index contributed by atoms with van der Waals surface area (Å²) in [6, 6.07) is 10.2. The summed E-state index contributed by atoms with van der Waals surface area (Å²) in [5, 5.41) is 0.579. The Bertz CT molecular complexity index is 1140. The van der Waals surface area contributed by atoms with Crippen molar-refractivity contribution in [1.82, 2.24) is 0 Å². The van der Waals surface area contributed by atoms with Crippen molar-refractivity contribution >= 4 is 29.6 Å². The van der Waals surface area contributed by atoms with E-state index in [4.69, 9.17) is 30.5 Å². The monoisotopic (exact) mass is 512 g/mol. The molecule has 0 amide bonds. The molecule has 2 aliphatic heterocycles. The second kappa shape index (κ2) is 11.1. The lowest BCUT2D eigenvalue weighted by atomic mass is 9.82. The molecular weight excluding hydrogens is 480 g/mol. The van der Waals surface area contributed by atoms with Gasteiger partial charge in [0.15, 0.2) is 6.10 Å². The Morgan fingerprint density at radius 1 is 1.14 bits per heavy atom. The molecule has 0 spiro atoms. The van der Waals surface area contributed by atoms with Gasteiger partial charge in [-0.05, 0) is 35.1 Å². The Morgan fingerprint density at radius 3 is 2.42 bits per heavy atom. The van der Waals surface area contributed by atoms with Crippen LogP contribution in [0.3, 0.4) is 0 Å². The summed E-state index contributed by atoms with van der Waals surface area (Å²) in [6.45, 7) is 11.0. The zero-order valence-corrected chi connectivity index (χ0v) is 22.0. The van der Waals surface area contributed by atoms with Crippen LogP contribution in [-0.2, 0) is 36.6 Å². The fourth-order valence-corrected chi connectivity index (χ4v) is 5.55. The smallest absolute Gasteiger partial charge is 0.303 e. The Labute approximate surface area is 217 Å². The average Bonchev–Trinajstić information content (AvgIpc) is 3.34. The van der Waals surface area contributed by atoms with Crippen LogP contribution in [0.2, 0.25) is 5.02 Å². The summed E-state index contributed by atoms with van der Waals surface area (Å²) < 4.78 is 24.1. The summed E-state index contributed by atoms with van der Waals surface area (Å²) in [7, 11) is 0. The molecule has 0 N–H and O–H groups in total. The van der Waals surface area contributed by atoms with Crippen molar-refractivity contribution in [3.63, 3.8) is 0 Å². The molecule has 2 heterocycles. The van der Waals surface area contributed by atoms with E-state index in [2.05, 4.69) is 6.58 Å². The van der Waals surface area contributed by atoms with E-state index in [0.717, 1.165) is 34.2 Å². The molecule has 0 radical (unpaired) electrons. The highest BCUT2D eigenvalue weighted by molar-refractivity contribution is 6.33.